The van der Waals surface area contributed by atoms with E-state index < -0.39 is 28.7 Å². The quantitative estimate of drug-likeness (QED) is 0.731. The maximum atomic E-state index is 12.7. The second kappa shape index (κ2) is 7.61. The maximum absolute atomic E-state index is 12.7. The number of alkyl halides is 3. The van der Waals surface area contributed by atoms with Crippen LogP contribution in [0.15, 0.2) is 0 Å². The van der Waals surface area contributed by atoms with Gasteiger partial charge < -0.3 is 5.32 Å². The van der Waals surface area contributed by atoms with Crippen molar-refractivity contribution in [1.82, 2.24) is 9.62 Å². The van der Waals surface area contributed by atoms with Gasteiger partial charge in [-0.25, -0.2) is 12.7 Å². The van der Waals surface area contributed by atoms with Gasteiger partial charge in [0.2, 0.25) is 10.0 Å². The fourth-order valence-corrected chi connectivity index (χ4v) is 3.94. The third-order valence-electron chi connectivity index (χ3n) is 3.50. The van der Waals surface area contributed by atoms with E-state index in [1.54, 1.807) is 0 Å². The SMILES string of the molecule is CCNCCCCS(=O)(=O)N1CCCC(C(F)(F)F)C1. The first-order valence-electron chi connectivity index (χ1n) is 7.02. The fraction of sp³-hybridized carbons (Fsp3) is 1.00. The van der Waals surface area contributed by atoms with Crippen LogP contribution in [0.3, 0.4) is 0 Å². The molecule has 0 bridgehead atoms. The van der Waals surface area contributed by atoms with Crippen molar-refractivity contribution in [2.45, 2.75) is 38.8 Å². The second-order valence-electron chi connectivity index (χ2n) is 5.12. The zero-order valence-corrected chi connectivity index (χ0v) is 12.6. The molecule has 1 atom stereocenters. The van der Waals surface area contributed by atoms with Crippen LogP contribution in [-0.4, -0.2) is 50.8 Å². The van der Waals surface area contributed by atoms with Gasteiger partial charge in [-0.1, -0.05) is 6.92 Å². The summed E-state index contributed by atoms with van der Waals surface area (Å²) < 4.78 is 63.1. The Morgan fingerprint density at radius 3 is 2.60 bits per heavy atom. The van der Waals surface area contributed by atoms with Gasteiger partial charge in [0.05, 0.1) is 11.7 Å². The Kier molecular flexibility index (Phi) is 6.74. The van der Waals surface area contributed by atoms with Crippen LogP contribution in [0.2, 0.25) is 0 Å². The monoisotopic (exact) mass is 316 g/mol. The van der Waals surface area contributed by atoms with Crippen LogP contribution in [-0.2, 0) is 10.0 Å². The average Bonchev–Trinajstić information content (AvgIpc) is 2.37. The molecule has 0 aromatic heterocycles. The molecule has 1 N–H and O–H groups in total. The van der Waals surface area contributed by atoms with Crippen LogP contribution in [0.4, 0.5) is 13.2 Å². The number of sulfonamides is 1. The molecule has 1 fully saturated rings. The molecule has 1 heterocycles. The maximum Gasteiger partial charge on any atom is 0.393 e. The van der Waals surface area contributed by atoms with Crippen molar-refractivity contribution in [3.05, 3.63) is 0 Å². The lowest BCUT2D eigenvalue weighted by molar-refractivity contribution is -0.182. The molecule has 0 aliphatic carbocycles. The Morgan fingerprint density at radius 2 is 2.00 bits per heavy atom. The number of nitrogens with zero attached hydrogens (tertiary/aromatic N) is 1. The van der Waals surface area contributed by atoms with E-state index in [-0.39, 0.29) is 25.1 Å². The Morgan fingerprint density at radius 1 is 1.30 bits per heavy atom. The summed E-state index contributed by atoms with van der Waals surface area (Å²) in [7, 11) is -3.56. The number of hydrogen-bond acceptors (Lipinski definition) is 3. The van der Waals surface area contributed by atoms with E-state index in [0.717, 1.165) is 17.4 Å². The van der Waals surface area contributed by atoms with Crippen molar-refractivity contribution in [2.75, 3.05) is 31.9 Å². The molecule has 0 amide bonds. The van der Waals surface area contributed by atoms with E-state index in [2.05, 4.69) is 5.32 Å². The number of halogens is 3. The van der Waals surface area contributed by atoms with Crippen LogP contribution in [0, 0.1) is 5.92 Å². The first-order chi connectivity index (χ1) is 9.27. The van der Waals surface area contributed by atoms with Gasteiger partial charge in [0.15, 0.2) is 0 Å². The Hall–Kier alpha value is -0.340. The van der Waals surface area contributed by atoms with Crippen molar-refractivity contribution in [3.8, 4) is 0 Å². The van der Waals surface area contributed by atoms with Crippen molar-refractivity contribution in [2.24, 2.45) is 5.92 Å². The number of nitrogens with one attached hydrogen (secondary N) is 1. The summed E-state index contributed by atoms with van der Waals surface area (Å²) >= 11 is 0. The third kappa shape index (κ3) is 5.57. The smallest absolute Gasteiger partial charge is 0.317 e. The van der Waals surface area contributed by atoms with Gasteiger partial charge in [-0.05, 0) is 38.8 Å². The number of rotatable bonds is 7. The van der Waals surface area contributed by atoms with Gasteiger partial charge >= 0.3 is 6.18 Å². The van der Waals surface area contributed by atoms with E-state index in [1.165, 1.54) is 0 Å². The summed E-state index contributed by atoms with van der Waals surface area (Å²) in [4.78, 5) is 0. The zero-order valence-electron chi connectivity index (χ0n) is 11.7. The van der Waals surface area contributed by atoms with Crippen LogP contribution < -0.4 is 5.32 Å². The van der Waals surface area contributed by atoms with Gasteiger partial charge in [0, 0.05) is 13.1 Å². The summed E-state index contributed by atoms with van der Waals surface area (Å²) in [5.41, 5.74) is 0. The van der Waals surface area contributed by atoms with Crippen LogP contribution in [0.25, 0.3) is 0 Å². The number of hydrogen-bond donors (Lipinski definition) is 1. The van der Waals surface area contributed by atoms with E-state index >= 15 is 0 Å². The van der Waals surface area contributed by atoms with Gasteiger partial charge in [0.1, 0.15) is 0 Å². The van der Waals surface area contributed by atoms with Gasteiger partial charge in [0.25, 0.3) is 0 Å². The topological polar surface area (TPSA) is 49.4 Å². The lowest BCUT2D eigenvalue weighted by atomic mass is 9.99. The molecular formula is C12H23F3N2O2S. The minimum Gasteiger partial charge on any atom is -0.317 e. The highest BCUT2D eigenvalue weighted by Gasteiger charge is 2.43. The molecule has 1 aliphatic rings. The molecule has 1 aliphatic heterocycles. The highest BCUT2D eigenvalue weighted by atomic mass is 32.2. The highest BCUT2D eigenvalue weighted by Crippen LogP contribution is 2.34. The molecular weight excluding hydrogens is 293 g/mol. The second-order valence-corrected chi connectivity index (χ2v) is 7.20. The minimum absolute atomic E-state index is 0.0237. The van der Waals surface area contributed by atoms with Crippen molar-refractivity contribution >= 4 is 10.0 Å². The summed E-state index contributed by atoms with van der Waals surface area (Å²) in [5, 5.41) is 3.08. The fourth-order valence-electron chi connectivity index (χ4n) is 2.30. The van der Waals surface area contributed by atoms with Crippen LogP contribution in [0.1, 0.15) is 32.6 Å². The van der Waals surface area contributed by atoms with E-state index in [1.807, 2.05) is 6.92 Å². The molecule has 1 rings (SSSR count). The molecule has 20 heavy (non-hydrogen) atoms. The summed E-state index contributed by atoms with van der Waals surface area (Å²) in [6.45, 7) is 3.31. The van der Waals surface area contributed by atoms with Gasteiger partial charge in [-0.3, -0.25) is 0 Å². The Bertz CT molecular complexity index is 385. The Labute approximate surface area is 118 Å². The molecule has 0 aromatic carbocycles. The molecule has 4 nitrogen and oxygen atoms in total. The first kappa shape index (κ1) is 17.7. The van der Waals surface area contributed by atoms with E-state index in [0.29, 0.717) is 12.8 Å². The summed E-state index contributed by atoms with van der Waals surface area (Å²) in [5.74, 6) is -1.59. The first-order valence-corrected chi connectivity index (χ1v) is 8.63. The number of unbranched alkanes of at least 4 members (excludes halogenated alkanes) is 1. The minimum atomic E-state index is -4.31. The molecule has 0 aromatic rings. The normalized spacial score (nSPS) is 22.1. The van der Waals surface area contributed by atoms with Gasteiger partial charge in [-0.15, -0.1) is 0 Å². The van der Waals surface area contributed by atoms with Crippen molar-refractivity contribution in [3.63, 3.8) is 0 Å². The third-order valence-corrected chi connectivity index (χ3v) is 5.42. The lowest BCUT2D eigenvalue weighted by Crippen LogP contribution is -2.45. The molecule has 0 saturated carbocycles. The largest absolute Gasteiger partial charge is 0.393 e. The van der Waals surface area contributed by atoms with Crippen molar-refractivity contribution in [1.29, 1.82) is 0 Å². The molecule has 1 saturated heterocycles. The van der Waals surface area contributed by atoms with E-state index in [4.69, 9.17) is 0 Å². The molecule has 0 spiro atoms. The number of piperidine rings is 1. The van der Waals surface area contributed by atoms with Crippen molar-refractivity contribution < 1.29 is 21.6 Å². The van der Waals surface area contributed by atoms with E-state index in [9.17, 15) is 21.6 Å². The molecule has 120 valence electrons. The standard InChI is InChI=1S/C12H23F3N2O2S/c1-2-16-7-3-4-9-20(18,19)17-8-5-6-11(10-17)12(13,14)15/h11,16H,2-10H2,1H3. The molecule has 1 unspecified atom stereocenters. The Balaban J connectivity index is 2.46. The highest BCUT2D eigenvalue weighted by molar-refractivity contribution is 7.89. The zero-order chi connectivity index (χ0) is 15.2. The van der Waals surface area contributed by atoms with Crippen LogP contribution >= 0.6 is 0 Å². The van der Waals surface area contributed by atoms with Gasteiger partial charge in [-0.2, -0.15) is 13.2 Å². The summed E-state index contributed by atoms with van der Waals surface area (Å²) in [6, 6.07) is 0. The average molecular weight is 316 g/mol. The lowest BCUT2D eigenvalue weighted by Gasteiger charge is -2.32. The molecule has 0 radical (unpaired) electrons. The predicted octanol–water partition coefficient (Wildman–Crippen LogP) is 1.98. The molecule has 8 heteroatoms. The summed E-state index contributed by atoms with van der Waals surface area (Å²) in [6.07, 6.45) is -2.82. The van der Waals surface area contributed by atoms with Crippen LogP contribution in [0.5, 0.6) is 0 Å². The predicted molar refractivity (Wildman–Crippen MR) is 71.9 cm³/mol.